The quantitative estimate of drug-likeness (QED) is 0.776. The zero-order chi connectivity index (χ0) is 19.3. The highest BCUT2D eigenvalue weighted by atomic mass is 35.5. The lowest BCUT2D eigenvalue weighted by atomic mass is 9.89. The van der Waals surface area contributed by atoms with Gasteiger partial charge in [0.2, 0.25) is 15.9 Å². The molecule has 0 aromatic heterocycles. The molecule has 1 saturated carbocycles. The van der Waals surface area contributed by atoms with Crippen LogP contribution in [-0.4, -0.2) is 38.3 Å². The first-order valence-electron chi connectivity index (χ1n) is 9.94. The predicted molar refractivity (Wildman–Crippen MR) is 108 cm³/mol. The third-order valence-corrected chi connectivity index (χ3v) is 7.83. The van der Waals surface area contributed by atoms with E-state index in [1.54, 1.807) is 24.3 Å². The Kier molecular flexibility index (Phi) is 7.17. The second-order valence-corrected chi connectivity index (χ2v) is 10.2. The van der Waals surface area contributed by atoms with Crippen LogP contribution in [0.3, 0.4) is 0 Å². The Bertz CT molecular complexity index is 739. The van der Waals surface area contributed by atoms with Gasteiger partial charge in [-0.2, -0.15) is 0 Å². The molecule has 7 heteroatoms. The molecular weight excluding hydrogens is 384 g/mol. The van der Waals surface area contributed by atoms with Crippen molar-refractivity contribution in [3.8, 4) is 0 Å². The molecule has 1 amide bonds. The highest BCUT2D eigenvalue weighted by Gasteiger charge is 2.31. The standard InChI is InChI=1S/C20H29ClN2O3S/c21-19-8-4-7-17(13-19)15-27(25,26)23-11-9-18(10-12-23)20(24)22-14-16-5-2-1-3-6-16/h4,7-8,13,16,18H,1-3,5-6,9-12,14-15H2,(H,22,24). The molecule has 5 nitrogen and oxygen atoms in total. The van der Waals surface area contributed by atoms with Crippen molar-refractivity contribution in [2.75, 3.05) is 19.6 Å². The molecule has 1 heterocycles. The molecule has 1 aliphatic heterocycles. The van der Waals surface area contributed by atoms with Crippen LogP contribution in [0.2, 0.25) is 5.02 Å². The van der Waals surface area contributed by atoms with Crippen LogP contribution < -0.4 is 5.32 Å². The van der Waals surface area contributed by atoms with Crippen LogP contribution in [0.1, 0.15) is 50.5 Å². The second kappa shape index (κ2) is 9.39. The zero-order valence-corrected chi connectivity index (χ0v) is 17.3. The Hall–Kier alpha value is -1.11. The molecule has 150 valence electrons. The number of rotatable bonds is 6. The molecule has 3 rings (SSSR count). The SMILES string of the molecule is O=C(NCC1CCCCC1)C1CCN(S(=O)(=O)Cc2cccc(Cl)c2)CC1. The number of hydrogen-bond acceptors (Lipinski definition) is 3. The topological polar surface area (TPSA) is 66.5 Å². The van der Waals surface area contributed by atoms with E-state index >= 15 is 0 Å². The average molecular weight is 413 g/mol. The lowest BCUT2D eigenvalue weighted by Gasteiger charge is -2.31. The first-order chi connectivity index (χ1) is 12.9. The van der Waals surface area contributed by atoms with Crippen LogP contribution >= 0.6 is 11.6 Å². The van der Waals surface area contributed by atoms with Gasteiger partial charge in [-0.3, -0.25) is 4.79 Å². The highest BCUT2D eigenvalue weighted by Crippen LogP contribution is 2.25. The van der Waals surface area contributed by atoms with E-state index in [1.165, 1.54) is 36.4 Å². The van der Waals surface area contributed by atoms with E-state index in [4.69, 9.17) is 11.6 Å². The van der Waals surface area contributed by atoms with Gasteiger partial charge < -0.3 is 5.32 Å². The minimum absolute atomic E-state index is 0.0495. The summed E-state index contributed by atoms with van der Waals surface area (Å²) in [7, 11) is -3.39. The molecule has 0 unspecified atom stereocenters. The van der Waals surface area contributed by atoms with Gasteiger partial charge in [0.05, 0.1) is 5.75 Å². The Balaban J connectivity index is 1.46. The van der Waals surface area contributed by atoms with Crippen LogP contribution in [0.5, 0.6) is 0 Å². The molecule has 0 bridgehead atoms. The molecule has 0 atom stereocenters. The maximum atomic E-state index is 12.7. The number of nitrogens with one attached hydrogen (secondary N) is 1. The van der Waals surface area contributed by atoms with Gasteiger partial charge in [-0.25, -0.2) is 12.7 Å². The van der Waals surface area contributed by atoms with Gasteiger partial charge in [-0.05, 0) is 49.3 Å². The molecule has 1 aromatic rings. The minimum atomic E-state index is -3.39. The maximum Gasteiger partial charge on any atom is 0.223 e. The third kappa shape index (κ3) is 5.93. The van der Waals surface area contributed by atoms with E-state index in [2.05, 4.69) is 5.32 Å². The highest BCUT2D eigenvalue weighted by molar-refractivity contribution is 7.88. The number of hydrogen-bond donors (Lipinski definition) is 1. The van der Waals surface area contributed by atoms with Crippen LogP contribution in [0.15, 0.2) is 24.3 Å². The number of piperidine rings is 1. The summed E-state index contributed by atoms with van der Waals surface area (Å²) in [5.41, 5.74) is 0.690. The summed E-state index contributed by atoms with van der Waals surface area (Å²) in [6.45, 7) is 1.58. The fraction of sp³-hybridized carbons (Fsp3) is 0.650. The van der Waals surface area contributed by atoms with Gasteiger partial charge in [-0.15, -0.1) is 0 Å². The largest absolute Gasteiger partial charge is 0.356 e. The lowest BCUT2D eigenvalue weighted by Crippen LogP contribution is -2.44. The summed E-state index contributed by atoms with van der Waals surface area (Å²) in [6.07, 6.45) is 7.44. The molecule has 2 fully saturated rings. The van der Waals surface area contributed by atoms with Crippen molar-refractivity contribution >= 4 is 27.5 Å². The number of sulfonamides is 1. The molecular formula is C20H29ClN2O3S. The molecule has 0 radical (unpaired) electrons. The average Bonchev–Trinajstić information content (AvgIpc) is 2.67. The molecule has 1 saturated heterocycles. The van der Waals surface area contributed by atoms with Gasteiger partial charge in [0.25, 0.3) is 0 Å². The summed E-state index contributed by atoms with van der Waals surface area (Å²) < 4.78 is 26.8. The number of halogens is 1. The monoisotopic (exact) mass is 412 g/mol. The fourth-order valence-electron chi connectivity index (χ4n) is 4.11. The maximum absolute atomic E-state index is 12.7. The molecule has 0 spiro atoms. The molecule has 2 aliphatic rings. The first-order valence-corrected chi connectivity index (χ1v) is 11.9. The zero-order valence-electron chi connectivity index (χ0n) is 15.7. The number of carbonyl (C=O) groups is 1. The summed E-state index contributed by atoms with van der Waals surface area (Å²) in [5, 5.41) is 3.64. The summed E-state index contributed by atoms with van der Waals surface area (Å²) in [5.74, 6) is 0.575. The van der Waals surface area contributed by atoms with Crippen LogP contribution in [0.4, 0.5) is 0 Å². The van der Waals surface area contributed by atoms with E-state index in [-0.39, 0.29) is 17.6 Å². The third-order valence-electron chi connectivity index (χ3n) is 5.75. The summed E-state index contributed by atoms with van der Waals surface area (Å²) >= 11 is 5.95. The van der Waals surface area contributed by atoms with Crippen molar-refractivity contribution in [3.05, 3.63) is 34.9 Å². The number of nitrogens with zero attached hydrogens (tertiary/aromatic N) is 1. The number of carbonyl (C=O) groups excluding carboxylic acids is 1. The van der Waals surface area contributed by atoms with Crippen molar-refractivity contribution in [1.29, 1.82) is 0 Å². The van der Waals surface area contributed by atoms with Crippen molar-refractivity contribution in [2.45, 2.75) is 50.7 Å². The van der Waals surface area contributed by atoms with Crippen LogP contribution in [0.25, 0.3) is 0 Å². The Labute approximate surface area is 167 Å². The number of amides is 1. The Morgan fingerprint density at radius 3 is 2.48 bits per heavy atom. The lowest BCUT2D eigenvalue weighted by molar-refractivity contribution is -0.126. The van der Waals surface area contributed by atoms with Crippen LogP contribution in [-0.2, 0) is 20.6 Å². The molecule has 1 aliphatic carbocycles. The van der Waals surface area contributed by atoms with Crippen molar-refractivity contribution in [1.82, 2.24) is 9.62 Å². The van der Waals surface area contributed by atoms with E-state index < -0.39 is 10.0 Å². The van der Waals surface area contributed by atoms with Gasteiger partial charge in [0, 0.05) is 30.6 Å². The summed E-state index contributed by atoms with van der Waals surface area (Å²) in [4.78, 5) is 12.4. The predicted octanol–water partition coefficient (Wildman–Crippen LogP) is 3.58. The Morgan fingerprint density at radius 2 is 1.81 bits per heavy atom. The normalized spacial score (nSPS) is 20.5. The van der Waals surface area contributed by atoms with Gasteiger partial charge in [0.1, 0.15) is 0 Å². The fourth-order valence-corrected chi connectivity index (χ4v) is 5.87. The molecule has 27 heavy (non-hydrogen) atoms. The molecule has 1 aromatic carbocycles. The smallest absolute Gasteiger partial charge is 0.223 e. The van der Waals surface area contributed by atoms with Gasteiger partial charge in [0.15, 0.2) is 0 Å². The van der Waals surface area contributed by atoms with E-state index in [0.717, 1.165) is 6.54 Å². The van der Waals surface area contributed by atoms with Crippen molar-refractivity contribution < 1.29 is 13.2 Å². The molecule has 1 N–H and O–H groups in total. The van der Waals surface area contributed by atoms with Crippen molar-refractivity contribution in [3.63, 3.8) is 0 Å². The number of benzene rings is 1. The Morgan fingerprint density at radius 1 is 1.11 bits per heavy atom. The van der Waals surface area contributed by atoms with E-state index in [9.17, 15) is 13.2 Å². The van der Waals surface area contributed by atoms with Crippen molar-refractivity contribution in [2.24, 2.45) is 11.8 Å². The van der Waals surface area contributed by atoms with E-state index in [1.807, 2.05) is 0 Å². The van der Waals surface area contributed by atoms with Crippen LogP contribution in [0, 0.1) is 11.8 Å². The summed E-state index contributed by atoms with van der Waals surface area (Å²) in [6, 6.07) is 6.95. The minimum Gasteiger partial charge on any atom is -0.356 e. The second-order valence-electron chi connectivity index (χ2n) is 7.81. The first kappa shape index (κ1) is 20.6. The van der Waals surface area contributed by atoms with Gasteiger partial charge in [-0.1, -0.05) is 43.0 Å². The van der Waals surface area contributed by atoms with E-state index in [0.29, 0.717) is 42.4 Å². The van der Waals surface area contributed by atoms with Gasteiger partial charge >= 0.3 is 0 Å².